The van der Waals surface area contributed by atoms with E-state index in [0.717, 1.165) is 0 Å². The van der Waals surface area contributed by atoms with E-state index in [1.165, 1.54) is 19.2 Å². The molecule has 6 nitrogen and oxygen atoms in total. The van der Waals surface area contributed by atoms with Gasteiger partial charge in [0.05, 0.1) is 13.7 Å². The third-order valence-corrected chi connectivity index (χ3v) is 2.85. The molecule has 1 heterocycles. The monoisotopic (exact) mass is 337 g/mol. The van der Waals surface area contributed by atoms with E-state index < -0.39 is 36.6 Å². The molecule has 23 heavy (non-hydrogen) atoms. The van der Waals surface area contributed by atoms with Gasteiger partial charge in [0, 0.05) is 0 Å². The highest BCUT2D eigenvalue weighted by Crippen LogP contribution is 2.15. The summed E-state index contributed by atoms with van der Waals surface area (Å²) in [6, 6.07) is 1.65. The minimum atomic E-state index is -4.43. The molecular weight excluding hydrogens is 319 g/mol. The van der Waals surface area contributed by atoms with Crippen LogP contribution in [0.3, 0.4) is 0 Å². The van der Waals surface area contributed by atoms with Crippen LogP contribution in [0, 0.1) is 5.92 Å². The molecule has 130 valence electrons. The lowest BCUT2D eigenvalue weighted by molar-refractivity contribution is -0.152. The van der Waals surface area contributed by atoms with Crippen molar-refractivity contribution >= 4 is 11.9 Å². The van der Waals surface area contributed by atoms with Crippen LogP contribution in [-0.4, -0.2) is 37.8 Å². The van der Waals surface area contributed by atoms with Crippen molar-refractivity contribution in [3.63, 3.8) is 0 Å². The molecule has 0 aliphatic heterocycles. The lowest BCUT2D eigenvalue weighted by atomic mass is 10.0. The van der Waals surface area contributed by atoms with Crippen LogP contribution in [0.25, 0.3) is 0 Å². The molecule has 0 aliphatic carbocycles. The van der Waals surface area contributed by atoms with Crippen LogP contribution < -0.4 is 5.32 Å². The summed E-state index contributed by atoms with van der Waals surface area (Å²) in [5.41, 5.74) is 0. The second-order valence-electron chi connectivity index (χ2n) is 5.08. The van der Waals surface area contributed by atoms with E-state index in [1.54, 1.807) is 13.8 Å². The van der Waals surface area contributed by atoms with Crippen LogP contribution in [0.15, 0.2) is 16.5 Å². The normalized spacial score (nSPS) is 13.0. The molecule has 0 bridgehead atoms. The van der Waals surface area contributed by atoms with Gasteiger partial charge in [-0.25, -0.2) is 4.79 Å². The van der Waals surface area contributed by atoms with Gasteiger partial charge in [0.2, 0.25) is 5.76 Å². The van der Waals surface area contributed by atoms with Crippen molar-refractivity contribution in [2.45, 2.75) is 32.7 Å². The Kier molecular flexibility index (Phi) is 6.62. The Hall–Kier alpha value is -2.03. The van der Waals surface area contributed by atoms with E-state index >= 15 is 0 Å². The number of esters is 2. The van der Waals surface area contributed by atoms with Gasteiger partial charge in [0.1, 0.15) is 18.4 Å². The summed E-state index contributed by atoms with van der Waals surface area (Å²) >= 11 is 0. The van der Waals surface area contributed by atoms with Crippen LogP contribution >= 0.6 is 0 Å². The van der Waals surface area contributed by atoms with Crippen molar-refractivity contribution in [3.8, 4) is 0 Å². The number of nitrogens with one attached hydrogen (secondary N) is 1. The topological polar surface area (TPSA) is 77.8 Å². The molecule has 0 fully saturated rings. The van der Waals surface area contributed by atoms with E-state index in [-0.39, 0.29) is 18.1 Å². The number of halogens is 3. The smallest absolute Gasteiger partial charge is 0.401 e. The van der Waals surface area contributed by atoms with Gasteiger partial charge in [0.25, 0.3) is 0 Å². The summed E-state index contributed by atoms with van der Waals surface area (Å²) in [4.78, 5) is 23.1. The maximum absolute atomic E-state index is 12.2. The van der Waals surface area contributed by atoms with E-state index in [0.29, 0.717) is 0 Å². The van der Waals surface area contributed by atoms with Crippen molar-refractivity contribution < 1.29 is 36.7 Å². The summed E-state index contributed by atoms with van der Waals surface area (Å²) in [6.45, 7) is 1.60. The molecule has 0 saturated carbocycles. The second kappa shape index (κ2) is 8.00. The summed E-state index contributed by atoms with van der Waals surface area (Å²) in [6.07, 6.45) is -4.43. The van der Waals surface area contributed by atoms with E-state index in [1.807, 2.05) is 0 Å². The molecule has 1 aromatic rings. The summed E-state index contributed by atoms with van der Waals surface area (Å²) in [5, 5.41) is 2.12. The van der Waals surface area contributed by atoms with Gasteiger partial charge in [0.15, 0.2) is 0 Å². The molecule has 0 aromatic carbocycles. The van der Waals surface area contributed by atoms with Crippen LogP contribution in [0.2, 0.25) is 0 Å². The zero-order valence-electron chi connectivity index (χ0n) is 12.9. The van der Waals surface area contributed by atoms with Gasteiger partial charge in [-0.1, -0.05) is 13.8 Å². The van der Waals surface area contributed by atoms with Crippen molar-refractivity contribution in [2.75, 3.05) is 13.7 Å². The average Bonchev–Trinajstić information content (AvgIpc) is 2.91. The van der Waals surface area contributed by atoms with Crippen molar-refractivity contribution in [1.82, 2.24) is 5.32 Å². The largest absolute Gasteiger partial charge is 0.463 e. The number of methoxy groups -OCH3 is 1. The second-order valence-corrected chi connectivity index (χ2v) is 5.08. The zero-order valence-corrected chi connectivity index (χ0v) is 12.9. The number of alkyl halides is 3. The maximum atomic E-state index is 12.2. The van der Waals surface area contributed by atoms with Gasteiger partial charge in [-0.3, -0.25) is 10.1 Å². The van der Waals surface area contributed by atoms with Crippen molar-refractivity contribution in [2.24, 2.45) is 5.92 Å². The predicted molar refractivity (Wildman–Crippen MR) is 72.5 cm³/mol. The molecule has 0 saturated heterocycles. The standard InChI is InChI=1S/C14H18F3NO5/c1-8(2)11(18-7-14(15,16)17)13(20)22-6-9-4-5-10(23-9)12(19)21-3/h4-5,8,11,18H,6-7H2,1-3H3. The molecule has 0 spiro atoms. The quantitative estimate of drug-likeness (QED) is 0.769. The number of rotatable bonds is 7. The lowest BCUT2D eigenvalue weighted by Gasteiger charge is -2.21. The van der Waals surface area contributed by atoms with Gasteiger partial charge < -0.3 is 13.9 Å². The Labute approximate surface area is 130 Å². The number of carbonyl (C=O) groups is 2. The van der Waals surface area contributed by atoms with E-state index in [2.05, 4.69) is 10.1 Å². The molecule has 0 radical (unpaired) electrons. The Bertz CT molecular complexity index is 539. The molecule has 0 aliphatic rings. The van der Waals surface area contributed by atoms with Crippen LogP contribution in [0.5, 0.6) is 0 Å². The highest BCUT2D eigenvalue weighted by Gasteiger charge is 2.32. The highest BCUT2D eigenvalue weighted by molar-refractivity contribution is 5.86. The Balaban J connectivity index is 2.58. The molecule has 0 amide bonds. The van der Waals surface area contributed by atoms with Crippen molar-refractivity contribution in [3.05, 3.63) is 23.7 Å². The number of hydrogen-bond acceptors (Lipinski definition) is 6. The van der Waals surface area contributed by atoms with Gasteiger partial charge in [-0.05, 0) is 18.1 Å². The number of carbonyl (C=O) groups excluding carboxylic acids is 2. The zero-order chi connectivity index (χ0) is 17.6. The molecule has 9 heteroatoms. The van der Waals surface area contributed by atoms with E-state index in [4.69, 9.17) is 9.15 Å². The van der Waals surface area contributed by atoms with Crippen molar-refractivity contribution in [1.29, 1.82) is 0 Å². The fraction of sp³-hybridized carbons (Fsp3) is 0.571. The first-order chi connectivity index (χ1) is 10.6. The first kappa shape index (κ1) is 19.0. The third kappa shape index (κ3) is 6.31. The van der Waals surface area contributed by atoms with Crippen LogP contribution in [0.1, 0.15) is 30.2 Å². The van der Waals surface area contributed by atoms with E-state index in [9.17, 15) is 22.8 Å². The maximum Gasteiger partial charge on any atom is 0.401 e. The minimum absolute atomic E-state index is 0.0610. The highest BCUT2D eigenvalue weighted by atomic mass is 19.4. The number of furan rings is 1. The minimum Gasteiger partial charge on any atom is -0.463 e. The molecule has 1 unspecified atom stereocenters. The summed E-state index contributed by atoms with van der Waals surface area (Å²) < 4.78 is 51.2. The molecule has 1 rings (SSSR count). The summed E-state index contributed by atoms with van der Waals surface area (Å²) in [5.74, 6) is -1.80. The Morgan fingerprint density at radius 3 is 2.48 bits per heavy atom. The fourth-order valence-corrected chi connectivity index (χ4v) is 1.71. The Morgan fingerprint density at radius 1 is 1.30 bits per heavy atom. The molecule has 1 atom stereocenters. The van der Waals surface area contributed by atoms with Crippen LogP contribution in [0.4, 0.5) is 13.2 Å². The van der Waals surface area contributed by atoms with Gasteiger partial charge in [-0.15, -0.1) is 0 Å². The predicted octanol–water partition coefficient (Wildman–Crippen LogP) is 2.29. The van der Waals surface area contributed by atoms with Gasteiger partial charge >= 0.3 is 18.1 Å². The number of ether oxygens (including phenoxy) is 2. The van der Waals surface area contributed by atoms with Crippen LogP contribution in [-0.2, 0) is 20.9 Å². The first-order valence-electron chi connectivity index (χ1n) is 6.78. The van der Waals surface area contributed by atoms with Gasteiger partial charge in [-0.2, -0.15) is 13.2 Å². The Morgan fingerprint density at radius 2 is 1.96 bits per heavy atom. The third-order valence-electron chi connectivity index (χ3n) is 2.85. The molecule has 1 aromatic heterocycles. The molecular formula is C14H18F3NO5. The SMILES string of the molecule is COC(=O)c1ccc(COC(=O)C(NCC(F)(F)F)C(C)C)o1. The first-order valence-corrected chi connectivity index (χ1v) is 6.78. The lowest BCUT2D eigenvalue weighted by Crippen LogP contribution is -2.46. The number of hydrogen-bond donors (Lipinski definition) is 1. The molecule has 1 N–H and O–H groups in total. The fourth-order valence-electron chi connectivity index (χ4n) is 1.71. The summed E-state index contributed by atoms with van der Waals surface area (Å²) in [7, 11) is 1.18. The average molecular weight is 337 g/mol.